The van der Waals surface area contributed by atoms with Gasteiger partial charge in [-0.25, -0.2) is 9.97 Å². The van der Waals surface area contributed by atoms with E-state index in [1.807, 2.05) is 34.0 Å². The predicted molar refractivity (Wildman–Crippen MR) is 78.4 cm³/mol. The number of nitrogens with zero attached hydrogens (tertiary/aromatic N) is 2. The highest BCUT2D eigenvalue weighted by Gasteiger charge is 1.98. The number of aromatic nitrogens is 4. The fourth-order valence-corrected chi connectivity index (χ4v) is 4.93. The maximum Gasteiger partial charge on any atom is 0.176 e. The van der Waals surface area contributed by atoms with Crippen molar-refractivity contribution in [1.82, 2.24) is 19.9 Å². The van der Waals surface area contributed by atoms with Gasteiger partial charge in [-0.05, 0) is 28.0 Å². The summed E-state index contributed by atoms with van der Waals surface area (Å²) in [5.74, 6) is 2.27. The van der Waals surface area contributed by atoms with Crippen molar-refractivity contribution in [2.24, 2.45) is 0 Å². The molecule has 0 bridgehead atoms. The number of imidazole rings is 2. The molecule has 2 heterocycles. The molecule has 8 heteroatoms. The Morgan fingerprint density at radius 2 is 1.41 bits per heavy atom. The molecular weight excluding hydrogens is 292 g/mol. The first kappa shape index (κ1) is 13.3. The molecule has 0 amide bonds. The fourth-order valence-electron chi connectivity index (χ4n) is 0.964. The molecule has 0 radical (unpaired) electrons. The average Bonchev–Trinajstić information content (AvgIpc) is 3.00. The van der Waals surface area contributed by atoms with Gasteiger partial charge in [-0.15, -0.1) is 0 Å². The van der Waals surface area contributed by atoms with E-state index in [0.29, 0.717) is 0 Å². The second kappa shape index (κ2) is 8.02. The van der Waals surface area contributed by atoms with Crippen LogP contribution in [-0.4, -0.2) is 31.4 Å². The number of nitrogens with one attached hydrogen (secondary N) is 2. The molecule has 0 aliphatic rings. The first-order valence-corrected chi connectivity index (χ1v) is 9.66. The van der Waals surface area contributed by atoms with Crippen molar-refractivity contribution in [2.75, 3.05) is 11.5 Å². The number of H-pyrrole nitrogens is 2. The van der Waals surface area contributed by atoms with Gasteiger partial charge in [0.1, 0.15) is 0 Å². The summed E-state index contributed by atoms with van der Waals surface area (Å²) in [6.07, 6.45) is 8.44. The highest BCUT2D eigenvalue weighted by Crippen LogP contribution is 2.31. The molecule has 0 fully saturated rings. The Bertz CT molecular complexity index is 351. The summed E-state index contributed by atoms with van der Waals surface area (Å²) in [6, 6.07) is 0. The first-order valence-electron chi connectivity index (χ1n) is 5.03. The van der Waals surface area contributed by atoms with Gasteiger partial charge in [-0.1, -0.05) is 21.6 Å². The van der Waals surface area contributed by atoms with E-state index in [9.17, 15) is 0 Å². The molecule has 0 aliphatic carbocycles. The quantitative estimate of drug-likeness (QED) is 0.573. The van der Waals surface area contributed by atoms with Crippen molar-refractivity contribution in [1.29, 1.82) is 0 Å². The summed E-state index contributed by atoms with van der Waals surface area (Å²) in [5, 5.41) is 1.96. The zero-order chi connectivity index (χ0) is 11.8. The minimum absolute atomic E-state index is 0.979. The molecule has 0 saturated carbocycles. The van der Waals surface area contributed by atoms with Gasteiger partial charge in [0.2, 0.25) is 0 Å². The molecule has 92 valence electrons. The van der Waals surface area contributed by atoms with E-state index in [1.54, 1.807) is 34.0 Å². The van der Waals surface area contributed by atoms with Crippen LogP contribution in [0.3, 0.4) is 0 Å². The van der Waals surface area contributed by atoms with Crippen LogP contribution in [0.4, 0.5) is 0 Å². The van der Waals surface area contributed by atoms with Gasteiger partial charge in [0.05, 0.1) is 0 Å². The Balaban J connectivity index is 1.44. The molecule has 2 N–H and O–H groups in total. The highest BCUT2D eigenvalue weighted by molar-refractivity contribution is 8.77. The van der Waals surface area contributed by atoms with Crippen molar-refractivity contribution in [3.8, 4) is 0 Å². The summed E-state index contributed by atoms with van der Waals surface area (Å²) in [7, 11) is 7.07. The van der Waals surface area contributed by atoms with Crippen molar-refractivity contribution in [3.05, 3.63) is 24.8 Å². The van der Waals surface area contributed by atoms with Crippen molar-refractivity contribution < 1.29 is 0 Å². The van der Waals surface area contributed by atoms with Gasteiger partial charge >= 0.3 is 0 Å². The largest absolute Gasteiger partial charge is 0.339 e. The summed E-state index contributed by atoms with van der Waals surface area (Å²) in [4.78, 5) is 14.4. The molecule has 0 saturated heterocycles. The molecule has 2 aromatic heterocycles. The van der Waals surface area contributed by atoms with Crippen LogP contribution in [-0.2, 0) is 0 Å². The van der Waals surface area contributed by atoms with Gasteiger partial charge in [0.25, 0.3) is 0 Å². The maximum atomic E-state index is 4.15. The molecule has 17 heavy (non-hydrogen) atoms. The van der Waals surface area contributed by atoms with Gasteiger partial charge in [-0.3, -0.25) is 0 Å². The Morgan fingerprint density at radius 1 is 0.882 bits per heavy atom. The van der Waals surface area contributed by atoms with Crippen LogP contribution in [0.5, 0.6) is 0 Å². The monoisotopic (exact) mass is 304 g/mol. The zero-order valence-electron chi connectivity index (χ0n) is 8.96. The average molecular weight is 304 g/mol. The first-order chi connectivity index (χ1) is 8.45. The molecular formula is C9H12N4S4. The Kier molecular flexibility index (Phi) is 6.25. The minimum Gasteiger partial charge on any atom is -0.339 e. The van der Waals surface area contributed by atoms with E-state index in [1.165, 1.54) is 6.42 Å². The normalized spacial score (nSPS) is 10.8. The van der Waals surface area contributed by atoms with Crippen LogP contribution in [0.2, 0.25) is 0 Å². The van der Waals surface area contributed by atoms with Crippen molar-refractivity contribution in [2.45, 2.75) is 16.7 Å². The lowest BCUT2D eigenvalue weighted by molar-refractivity contribution is 1.07. The lowest BCUT2D eigenvalue weighted by atomic mass is 10.6. The van der Waals surface area contributed by atoms with Crippen LogP contribution in [0.15, 0.2) is 35.1 Å². The zero-order valence-corrected chi connectivity index (χ0v) is 12.2. The number of hydrogen-bond donors (Lipinski definition) is 2. The molecule has 0 unspecified atom stereocenters. The third-order valence-electron chi connectivity index (χ3n) is 1.68. The van der Waals surface area contributed by atoms with Crippen LogP contribution in [0, 0.1) is 0 Å². The van der Waals surface area contributed by atoms with E-state index >= 15 is 0 Å². The van der Waals surface area contributed by atoms with Gasteiger partial charge < -0.3 is 9.97 Å². The van der Waals surface area contributed by atoms with Gasteiger partial charge in [0, 0.05) is 36.3 Å². The molecule has 2 aromatic rings. The second-order valence-electron chi connectivity index (χ2n) is 2.95. The molecule has 4 nitrogen and oxygen atoms in total. The van der Waals surface area contributed by atoms with Crippen molar-refractivity contribution in [3.63, 3.8) is 0 Å². The lowest BCUT2D eigenvalue weighted by Gasteiger charge is -1.98. The smallest absolute Gasteiger partial charge is 0.176 e. The molecule has 0 spiro atoms. The molecule has 0 aliphatic heterocycles. The number of aromatic amines is 2. The van der Waals surface area contributed by atoms with E-state index in [4.69, 9.17) is 0 Å². The third-order valence-corrected chi connectivity index (χ3v) is 6.24. The SMILES string of the molecule is c1c[nH]c(SSCCCSSc2ncc[nH]2)n1. The van der Waals surface area contributed by atoms with Crippen LogP contribution in [0.1, 0.15) is 6.42 Å². The van der Waals surface area contributed by atoms with Crippen molar-refractivity contribution >= 4 is 43.2 Å². The van der Waals surface area contributed by atoms with Crippen LogP contribution < -0.4 is 0 Å². The predicted octanol–water partition coefficient (Wildman–Crippen LogP) is 3.70. The van der Waals surface area contributed by atoms with E-state index in [0.717, 1.165) is 21.8 Å². The Hall–Kier alpha value is -0.180. The molecule has 0 aromatic carbocycles. The third kappa shape index (κ3) is 5.33. The lowest BCUT2D eigenvalue weighted by Crippen LogP contribution is -1.81. The second-order valence-corrected chi connectivity index (χ2v) is 7.76. The summed E-state index contributed by atoms with van der Waals surface area (Å²) >= 11 is 0. The standard InChI is InChI=1S/C9H12N4S4/c1(6-14-16-8-10-2-3-11-8)7-15-17-9-12-4-5-13-9/h2-5H,1,6-7H2,(H,10,11)(H,12,13). The van der Waals surface area contributed by atoms with E-state index in [2.05, 4.69) is 19.9 Å². The summed E-state index contributed by atoms with van der Waals surface area (Å²) < 4.78 is 0. The maximum absolute atomic E-state index is 4.15. The molecule has 2 rings (SSSR count). The van der Waals surface area contributed by atoms with Gasteiger partial charge in [-0.2, -0.15) is 0 Å². The summed E-state index contributed by atoms with van der Waals surface area (Å²) in [5.41, 5.74) is 0. The van der Waals surface area contributed by atoms with E-state index < -0.39 is 0 Å². The van der Waals surface area contributed by atoms with E-state index in [-0.39, 0.29) is 0 Å². The van der Waals surface area contributed by atoms with Gasteiger partial charge in [0.15, 0.2) is 10.3 Å². The molecule has 0 atom stereocenters. The van der Waals surface area contributed by atoms with Crippen LogP contribution in [0.25, 0.3) is 0 Å². The fraction of sp³-hybridized carbons (Fsp3) is 0.333. The van der Waals surface area contributed by atoms with Crippen LogP contribution >= 0.6 is 43.2 Å². The number of rotatable bonds is 8. The Labute approximate surface area is 116 Å². The summed E-state index contributed by atoms with van der Waals surface area (Å²) in [6.45, 7) is 0. The highest BCUT2D eigenvalue weighted by atomic mass is 33.1. The Morgan fingerprint density at radius 3 is 1.82 bits per heavy atom. The topological polar surface area (TPSA) is 57.4 Å². The minimum atomic E-state index is 0.979. The number of hydrogen-bond acceptors (Lipinski definition) is 6.